The van der Waals surface area contributed by atoms with Crippen LogP contribution in [0.4, 0.5) is 24.5 Å². The van der Waals surface area contributed by atoms with Gasteiger partial charge in [-0.2, -0.15) is 13.2 Å². The average Bonchev–Trinajstić information content (AvgIpc) is 3.07. The highest BCUT2D eigenvalue weighted by Crippen LogP contribution is 2.34. The summed E-state index contributed by atoms with van der Waals surface area (Å²) in [6, 6.07) is 8.76. The first kappa shape index (κ1) is 19.8. The van der Waals surface area contributed by atoms with E-state index in [1.54, 1.807) is 7.05 Å². The average molecular weight is 412 g/mol. The summed E-state index contributed by atoms with van der Waals surface area (Å²) in [5, 5.41) is 14.0. The number of rotatable bonds is 5. The highest BCUT2D eigenvalue weighted by atomic mass is 32.2. The van der Waals surface area contributed by atoms with Crippen LogP contribution in [0.5, 0.6) is 0 Å². The molecule has 148 valence electrons. The molecule has 0 saturated carbocycles. The number of sulfonamides is 1. The molecule has 3 rings (SSSR count). The van der Waals surface area contributed by atoms with Crippen molar-refractivity contribution in [2.75, 3.05) is 12.4 Å². The fourth-order valence-electron chi connectivity index (χ4n) is 2.49. The van der Waals surface area contributed by atoms with Crippen LogP contribution in [0.2, 0.25) is 0 Å². The number of aryl methyl sites for hydroxylation is 1. The zero-order valence-electron chi connectivity index (χ0n) is 14.7. The number of halogens is 3. The molecule has 0 atom stereocenters. The van der Waals surface area contributed by atoms with E-state index in [0.29, 0.717) is 11.3 Å². The van der Waals surface area contributed by atoms with Gasteiger partial charge in [0.05, 0.1) is 10.5 Å². The third-order valence-corrected chi connectivity index (χ3v) is 5.31. The van der Waals surface area contributed by atoms with E-state index >= 15 is 0 Å². The fourth-order valence-corrected chi connectivity index (χ4v) is 3.24. The predicted molar refractivity (Wildman–Crippen MR) is 95.2 cm³/mol. The number of aromatic nitrogens is 4. The van der Waals surface area contributed by atoms with Crippen LogP contribution >= 0.6 is 0 Å². The summed E-state index contributed by atoms with van der Waals surface area (Å²) < 4.78 is 66.6. The number of alkyl halides is 3. The highest BCUT2D eigenvalue weighted by molar-refractivity contribution is 7.89. The number of tetrazole rings is 1. The lowest BCUT2D eigenvalue weighted by molar-refractivity contribution is -0.137. The summed E-state index contributed by atoms with van der Waals surface area (Å²) in [5.74, 6) is 0.239. The second-order valence-corrected chi connectivity index (χ2v) is 7.63. The lowest BCUT2D eigenvalue weighted by Gasteiger charge is -2.14. The van der Waals surface area contributed by atoms with Gasteiger partial charge in [0.2, 0.25) is 10.0 Å². The summed E-state index contributed by atoms with van der Waals surface area (Å²) in [7, 11) is -0.915. The lowest BCUT2D eigenvalue weighted by Crippen LogP contribution is -2.18. The van der Waals surface area contributed by atoms with Crippen molar-refractivity contribution in [3.8, 4) is 11.4 Å². The van der Waals surface area contributed by atoms with Gasteiger partial charge >= 0.3 is 6.18 Å². The molecule has 0 aliphatic rings. The third-order valence-electron chi connectivity index (χ3n) is 3.90. The topological polar surface area (TPSA) is 102 Å². The maximum atomic E-state index is 13.0. The maximum Gasteiger partial charge on any atom is 0.416 e. The van der Waals surface area contributed by atoms with Crippen molar-refractivity contribution in [2.24, 2.45) is 7.05 Å². The molecule has 2 N–H and O–H groups in total. The van der Waals surface area contributed by atoms with Crippen LogP contribution < -0.4 is 10.0 Å². The molecule has 0 fully saturated rings. The quantitative estimate of drug-likeness (QED) is 0.668. The molecule has 0 amide bonds. The molecule has 0 unspecified atom stereocenters. The summed E-state index contributed by atoms with van der Waals surface area (Å²) in [6.45, 7) is 0. The first-order valence-electron chi connectivity index (χ1n) is 7.86. The molecule has 2 aromatic carbocycles. The normalized spacial score (nSPS) is 12.2. The van der Waals surface area contributed by atoms with Gasteiger partial charge < -0.3 is 5.32 Å². The van der Waals surface area contributed by atoms with Crippen molar-refractivity contribution in [3.05, 3.63) is 48.0 Å². The van der Waals surface area contributed by atoms with Gasteiger partial charge in [0.1, 0.15) is 0 Å². The Bertz CT molecular complexity index is 1110. The standard InChI is InChI=1S/C16H15F3N6O2S/c1-20-28(26,27)12-6-7-14(13(9-12)15-22-23-24-25(15)2)21-11-5-3-4-10(8-11)16(17,18)19/h3-9,20-21H,1-2H3. The molecule has 0 spiro atoms. The van der Waals surface area contributed by atoms with Gasteiger partial charge in [0.25, 0.3) is 0 Å². The zero-order chi connectivity index (χ0) is 20.5. The van der Waals surface area contributed by atoms with Gasteiger partial charge in [0, 0.05) is 24.0 Å². The molecule has 0 bridgehead atoms. The highest BCUT2D eigenvalue weighted by Gasteiger charge is 2.30. The summed E-state index contributed by atoms with van der Waals surface area (Å²) >= 11 is 0. The zero-order valence-corrected chi connectivity index (χ0v) is 15.5. The molecular formula is C16H15F3N6O2S. The molecule has 3 aromatic rings. The molecule has 1 aromatic heterocycles. The Hall–Kier alpha value is -2.99. The lowest BCUT2D eigenvalue weighted by atomic mass is 10.1. The second-order valence-electron chi connectivity index (χ2n) is 5.74. The summed E-state index contributed by atoms with van der Waals surface area (Å²) in [4.78, 5) is -0.0393. The van der Waals surface area contributed by atoms with Crippen LogP contribution in [-0.4, -0.2) is 35.7 Å². The van der Waals surface area contributed by atoms with Gasteiger partial charge in [-0.15, -0.1) is 5.10 Å². The smallest absolute Gasteiger partial charge is 0.355 e. The minimum absolute atomic E-state index is 0.0393. The van der Waals surface area contributed by atoms with Crippen LogP contribution in [0.3, 0.4) is 0 Å². The third kappa shape index (κ3) is 3.97. The summed E-state index contributed by atoms with van der Waals surface area (Å²) in [6.07, 6.45) is -4.49. The van der Waals surface area contributed by atoms with Gasteiger partial charge in [-0.1, -0.05) is 6.07 Å². The van der Waals surface area contributed by atoms with Crippen molar-refractivity contribution in [2.45, 2.75) is 11.1 Å². The van der Waals surface area contributed by atoms with E-state index < -0.39 is 21.8 Å². The van der Waals surface area contributed by atoms with Crippen LogP contribution in [-0.2, 0) is 23.2 Å². The van der Waals surface area contributed by atoms with Crippen LogP contribution in [0.1, 0.15) is 5.56 Å². The van der Waals surface area contributed by atoms with Crippen molar-refractivity contribution in [1.82, 2.24) is 24.9 Å². The molecule has 12 heteroatoms. The molecule has 0 aliphatic heterocycles. The Kier molecular flexibility index (Phi) is 5.08. The monoisotopic (exact) mass is 412 g/mol. The molecule has 8 nitrogen and oxygen atoms in total. The number of nitrogens with zero attached hydrogens (tertiary/aromatic N) is 4. The van der Waals surface area contributed by atoms with Gasteiger partial charge in [-0.3, -0.25) is 0 Å². The second kappa shape index (κ2) is 7.20. The van der Waals surface area contributed by atoms with Gasteiger partial charge in [-0.25, -0.2) is 17.8 Å². The minimum atomic E-state index is -4.49. The number of nitrogens with one attached hydrogen (secondary N) is 2. The Balaban J connectivity index is 2.10. The van der Waals surface area contributed by atoms with Crippen LogP contribution in [0.15, 0.2) is 47.4 Å². The molecular weight excluding hydrogens is 397 g/mol. The van der Waals surface area contributed by atoms with E-state index in [0.717, 1.165) is 12.1 Å². The Morgan fingerprint density at radius 3 is 2.46 bits per heavy atom. The van der Waals surface area contributed by atoms with E-state index in [1.807, 2.05) is 0 Å². The fraction of sp³-hybridized carbons (Fsp3) is 0.188. The number of anilines is 2. The number of benzene rings is 2. The first-order chi connectivity index (χ1) is 13.1. The van der Waals surface area contributed by atoms with Gasteiger partial charge in [0.15, 0.2) is 5.82 Å². The van der Waals surface area contributed by atoms with E-state index in [9.17, 15) is 21.6 Å². The molecule has 0 aliphatic carbocycles. The number of hydrogen-bond donors (Lipinski definition) is 2. The van der Waals surface area contributed by atoms with E-state index in [1.165, 1.54) is 42.1 Å². The van der Waals surface area contributed by atoms with Gasteiger partial charge in [-0.05, 0) is 53.9 Å². The van der Waals surface area contributed by atoms with E-state index in [2.05, 4.69) is 25.6 Å². The van der Waals surface area contributed by atoms with Crippen LogP contribution in [0.25, 0.3) is 11.4 Å². The predicted octanol–water partition coefficient (Wildman–Crippen LogP) is 2.55. The van der Waals surface area contributed by atoms with Crippen molar-refractivity contribution >= 4 is 21.4 Å². The van der Waals surface area contributed by atoms with Crippen molar-refractivity contribution in [1.29, 1.82) is 0 Å². The van der Waals surface area contributed by atoms with Crippen LogP contribution in [0, 0.1) is 0 Å². The SMILES string of the molecule is CNS(=O)(=O)c1ccc(Nc2cccc(C(F)(F)F)c2)c(-c2nnnn2C)c1. The van der Waals surface area contributed by atoms with Crippen molar-refractivity contribution in [3.63, 3.8) is 0 Å². The summed E-state index contributed by atoms with van der Waals surface area (Å²) in [5.41, 5.74) is 0.0118. The Morgan fingerprint density at radius 2 is 1.86 bits per heavy atom. The Labute approximate surface area is 158 Å². The first-order valence-corrected chi connectivity index (χ1v) is 9.35. The van der Waals surface area contributed by atoms with Crippen molar-refractivity contribution < 1.29 is 21.6 Å². The molecule has 0 radical (unpaired) electrons. The van der Waals surface area contributed by atoms with E-state index in [-0.39, 0.29) is 16.4 Å². The van der Waals surface area contributed by atoms with E-state index in [4.69, 9.17) is 0 Å². The largest absolute Gasteiger partial charge is 0.416 e. The maximum absolute atomic E-state index is 13.0. The Morgan fingerprint density at radius 1 is 1.11 bits per heavy atom. The molecule has 28 heavy (non-hydrogen) atoms. The number of hydrogen-bond acceptors (Lipinski definition) is 6. The molecule has 1 heterocycles. The molecule has 0 saturated heterocycles. The minimum Gasteiger partial charge on any atom is -0.355 e.